The standard InChI is InChI=1S/C16H14Cl3NO2S/c1-22-15-5-3-11(7-14(15)19)20-16(21)9-23-8-10-2-4-12(17)13(18)6-10/h2-7H,8-9H2,1H3,(H,20,21). The zero-order chi connectivity index (χ0) is 16.8. The molecule has 0 saturated heterocycles. The highest BCUT2D eigenvalue weighted by Gasteiger charge is 2.07. The number of hydrogen-bond acceptors (Lipinski definition) is 3. The second-order valence-corrected chi connectivity index (χ2v) is 6.85. The summed E-state index contributed by atoms with van der Waals surface area (Å²) in [5.41, 5.74) is 1.65. The summed E-state index contributed by atoms with van der Waals surface area (Å²) in [5.74, 6) is 1.47. The van der Waals surface area contributed by atoms with Gasteiger partial charge in [-0.15, -0.1) is 11.8 Å². The van der Waals surface area contributed by atoms with E-state index in [1.54, 1.807) is 37.4 Å². The maximum atomic E-state index is 11.9. The van der Waals surface area contributed by atoms with E-state index in [0.717, 1.165) is 5.56 Å². The largest absolute Gasteiger partial charge is 0.495 e. The number of nitrogens with one attached hydrogen (secondary N) is 1. The third-order valence-corrected chi connectivity index (χ3v) is 4.96. The Bertz CT molecular complexity index is 710. The number of hydrogen-bond donors (Lipinski definition) is 1. The van der Waals surface area contributed by atoms with Gasteiger partial charge in [-0.25, -0.2) is 0 Å². The number of amides is 1. The molecule has 2 aromatic rings. The minimum atomic E-state index is -0.101. The lowest BCUT2D eigenvalue weighted by molar-refractivity contribution is -0.113. The molecule has 0 aliphatic carbocycles. The van der Waals surface area contributed by atoms with Crippen LogP contribution in [-0.4, -0.2) is 18.8 Å². The van der Waals surface area contributed by atoms with Crippen molar-refractivity contribution in [3.63, 3.8) is 0 Å². The van der Waals surface area contributed by atoms with E-state index in [1.807, 2.05) is 6.07 Å². The van der Waals surface area contributed by atoms with E-state index in [4.69, 9.17) is 39.5 Å². The molecule has 1 amide bonds. The molecule has 0 unspecified atom stereocenters. The van der Waals surface area contributed by atoms with E-state index in [-0.39, 0.29) is 5.91 Å². The Balaban J connectivity index is 1.83. The SMILES string of the molecule is COc1ccc(NC(=O)CSCc2ccc(Cl)c(Cl)c2)cc1Cl. The van der Waals surface area contributed by atoms with Crippen LogP contribution >= 0.6 is 46.6 Å². The van der Waals surface area contributed by atoms with E-state index >= 15 is 0 Å². The first-order valence-electron chi connectivity index (χ1n) is 6.64. The molecule has 0 radical (unpaired) electrons. The lowest BCUT2D eigenvalue weighted by Gasteiger charge is -2.08. The van der Waals surface area contributed by atoms with Gasteiger partial charge in [0.1, 0.15) is 5.75 Å². The third-order valence-electron chi connectivity index (χ3n) is 2.92. The monoisotopic (exact) mass is 389 g/mol. The molecule has 1 N–H and O–H groups in total. The minimum Gasteiger partial charge on any atom is -0.495 e. The fourth-order valence-corrected chi connectivity index (χ4v) is 3.19. The van der Waals surface area contributed by atoms with Crippen LogP contribution < -0.4 is 10.1 Å². The molecule has 0 aromatic heterocycles. The zero-order valence-electron chi connectivity index (χ0n) is 12.2. The summed E-state index contributed by atoms with van der Waals surface area (Å²) in [6.07, 6.45) is 0. The molecule has 2 aromatic carbocycles. The number of thioether (sulfide) groups is 1. The zero-order valence-corrected chi connectivity index (χ0v) is 15.3. The molecule has 23 heavy (non-hydrogen) atoms. The van der Waals surface area contributed by atoms with Crippen LogP contribution in [0.2, 0.25) is 15.1 Å². The first kappa shape index (κ1) is 18.3. The van der Waals surface area contributed by atoms with Crippen molar-refractivity contribution in [1.82, 2.24) is 0 Å². The van der Waals surface area contributed by atoms with Crippen LogP contribution in [0.4, 0.5) is 5.69 Å². The van der Waals surface area contributed by atoms with Gasteiger partial charge >= 0.3 is 0 Å². The lowest BCUT2D eigenvalue weighted by atomic mass is 10.2. The van der Waals surface area contributed by atoms with Crippen LogP contribution in [-0.2, 0) is 10.5 Å². The van der Waals surface area contributed by atoms with Gasteiger partial charge in [-0.1, -0.05) is 40.9 Å². The van der Waals surface area contributed by atoms with Gasteiger partial charge in [0.15, 0.2) is 0 Å². The van der Waals surface area contributed by atoms with Gasteiger partial charge in [0.05, 0.1) is 27.9 Å². The normalized spacial score (nSPS) is 10.4. The van der Waals surface area contributed by atoms with Crippen molar-refractivity contribution in [2.24, 2.45) is 0 Å². The number of anilines is 1. The Morgan fingerprint density at radius 2 is 1.87 bits per heavy atom. The van der Waals surface area contributed by atoms with Crippen LogP contribution in [0.1, 0.15) is 5.56 Å². The highest BCUT2D eigenvalue weighted by Crippen LogP contribution is 2.27. The number of ether oxygens (including phenoxy) is 1. The predicted molar refractivity (Wildman–Crippen MR) is 99.3 cm³/mol. The Hall–Kier alpha value is -1.07. The van der Waals surface area contributed by atoms with Crippen molar-refractivity contribution in [1.29, 1.82) is 0 Å². The summed E-state index contributed by atoms with van der Waals surface area (Å²) in [4.78, 5) is 11.9. The fourth-order valence-electron chi connectivity index (χ4n) is 1.83. The molecule has 3 nitrogen and oxygen atoms in total. The Kier molecular flexibility index (Phi) is 6.90. The quantitative estimate of drug-likeness (QED) is 0.705. The third kappa shape index (κ3) is 5.50. The summed E-state index contributed by atoms with van der Waals surface area (Å²) in [6.45, 7) is 0. The van der Waals surface area contributed by atoms with Crippen LogP contribution in [0.5, 0.6) is 5.75 Å². The van der Waals surface area contributed by atoms with E-state index in [0.29, 0.717) is 38.0 Å². The first-order valence-corrected chi connectivity index (χ1v) is 8.93. The molecule has 122 valence electrons. The van der Waals surface area contributed by atoms with Gasteiger partial charge in [0.2, 0.25) is 5.91 Å². The fraction of sp³-hybridized carbons (Fsp3) is 0.188. The number of rotatable bonds is 6. The lowest BCUT2D eigenvalue weighted by Crippen LogP contribution is -2.14. The van der Waals surface area contributed by atoms with E-state index in [2.05, 4.69) is 5.32 Å². The van der Waals surface area contributed by atoms with Gasteiger partial charge in [-0.2, -0.15) is 0 Å². The van der Waals surface area contributed by atoms with E-state index < -0.39 is 0 Å². The molecule has 0 spiro atoms. The first-order chi connectivity index (χ1) is 11.0. The maximum Gasteiger partial charge on any atom is 0.234 e. The Labute approximate surface area is 154 Å². The molecular formula is C16H14Cl3NO2S. The van der Waals surface area contributed by atoms with Gasteiger partial charge in [-0.3, -0.25) is 4.79 Å². The Morgan fingerprint density at radius 3 is 2.52 bits per heavy atom. The topological polar surface area (TPSA) is 38.3 Å². The van der Waals surface area contributed by atoms with Gasteiger partial charge in [0, 0.05) is 11.4 Å². The van der Waals surface area contributed by atoms with Crippen LogP contribution in [0.3, 0.4) is 0 Å². The maximum absolute atomic E-state index is 11.9. The number of carbonyl (C=O) groups excluding carboxylic acids is 1. The van der Waals surface area contributed by atoms with Crippen molar-refractivity contribution in [2.45, 2.75) is 5.75 Å². The second-order valence-electron chi connectivity index (χ2n) is 4.64. The minimum absolute atomic E-state index is 0.101. The Morgan fingerprint density at radius 1 is 1.09 bits per heavy atom. The molecule has 0 aliphatic heterocycles. The second kappa shape index (κ2) is 8.69. The van der Waals surface area contributed by atoms with Crippen LogP contribution in [0.25, 0.3) is 0 Å². The smallest absolute Gasteiger partial charge is 0.234 e. The summed E-state index contributed by atoms with van der Waals surface area (Å²) < 4.78 is 5.07. The molecule has 0 bridgehead atoms. The van der Waals surface area contributed by atoms with Crippen molar-refractivity contribution in [3.05, 3.63) is 57.0 Å². The molecule has 2 rings (SSSR count). The number of halogens is 3. The summed E-state index contributed by atoms with van der Waals surface area (Å²) in [6, 6.07) is 10.6. The molecule has 7 heteroatoms. The molecule has 0 fully saturated rings. The number of methoxy groups -OCH3 is 1. The average molecular weight is 391 g/mol. The van der Waals surface area contributed by atoms with Crippen molar-refractivity contribution < 1.29 is 9.53 Å². The van der Waals surface area contributed by atoms with Gasteiger partial charge < -0.3 is 10.1 Å². The summed E-state index contributed by atoms with van der Waals surface area (Å²) in [7, 11) is 1.54. The molecular weight excluding hydrogens is 377 g/mol. The van der Waals surface area contributed by atoms with Crippen molar-refractivity contribution >= 4 is 58.2 Å². The van der Waals surface area contributed by atoms with Crippen LogP contribution in [0, 0.1) is 0 Å². The van der Waals surface area contributed by atoms with E-state index in [1.165, 1.54) is 11.8 Å². The number of benzene rings is 2. The van der Waals surface area contributed by atoms with Crippen molar-refractivity contribution in [3.8, 4) is 5.75 Å². The van der Waals surface area contributed by atoms with E-state index in [9.17, 15) is 4.79 Å². The molecule has 0 atom stereocenters. The van der Waals surface area contributed by atoms with Gasteiger partial charge in [-0.05, 0) is 35.9 Å². The average Bonchev–Trinajstić information content (AvgIpc) is 2.51. The summed E-state index contributed by atoms with van der Waals surface area (Å²) >= 11 is 19.3. The number of carbonyl (C=O) groups is 1. The molecule has 0 saturated carbocycles. The predicted octanol–water partition coefficient (Wildman–Crippen LogP) is 5.53. The molecule has 0 heterocycles. The summed E-state index contributed by atoms with van der Waals surface area (Å²) in [5, 5.41) is 4.28. The van der Waals surface area contributed by atoms with Crippen molar-refractivity contribution in [2.75, 3.05) is 18.2 Å². The highest BCUT2D eigenvalue weighted by atomic mass is 35.5. The highest BCUT2D eigenvalue weighted by molar-refractivity contribution is 7.99. The van der Waals surface area contributed by atoms with Gasteiger partial charge in [0.25, 0.3) is 0 Å². The molecule has 0 aliphatic rings. The van der Waals surface area contributed by atoms with Crippen LogP contribution in [0.15, 0.2) is 36.4 Å².